The van der Waals surface area contributed by atoms with Gasteiger partial charge in [0, 0.05) is 22.8 Å². The van der Waals surface area contributed by atoms with E-state index in [-0.39, 0.29) is 5.91 Å². The molecule has 0 saturated heterocycles. The summed E-state index contributed by atoms with van der Waals surface area (Å²) in [6.45, 7) is 0. The Bertz CT molecular complexity index is 1280. The Balaban J connectivity index is 1.39. The van der Waals surface area contributed by atoms with Gasteiger partial charge in [0.2, 0.25) is 11.7 Å². The van der Waals surface area contributed by atoms with Crippen molar-refractivity contribution in [1.82, 2.24) is 15.1 Å². The lowest BCUT2D eigenvalue weighted by Crippen LogP contribution is -2.13. The van der Waals surface area contributed by atoms with Crippen molar-refractivity contribution in [3.05, 3.63) is 90.1 Å². The van der Waals surface area contributed by atoms with Gasteiger partial charge in [-0.05, 0) is 29.8 Å². The van der Waals surface area contributed by atoms with Crippen LogP contribution in [0.1, 0.15) is 21.8 Å². The molecule has 1 amide bonds. The molecular formula is C22H16N4O3. The van der Waals surface area contributed by atoms with E-state index in [1.807, 2.05) is 48.5 Å². The van der Waals surface area contributed by atoms with Crippen LogP contribution in [0.2, 0.25) is 0 Å². The number of carbonyl (C=O) groups is 1. The number of H-pyrrole nitrogens is 1. The van der Waals surface area contributed by atoms with Gasteiger partial charge in [-0.3, -0.25) is 4.79 Å². The molecule has 0 unspecified atom stereocenters. The van der Waals surface area contributed by atoms with Gasteiger partial charge < -0.3 is 19.2 Å². The number of amides is 1. The summed E-state index contributed by atoms with van der Waals surface area (Å²) in [5, 5.41) is 7.82. The summed E-state index contributed by atoms with van der Waals surface area (Å²) in [5.41, 5.74) is 3.08. The number of para-hydroxylation sites is 2. The van der Waals surface area contributed by atoms with Crippen LogP contribution in [-0.4, -0.2) is 21.0 Å². The number of hydrogen-bond donors (Lipinski definition) is 2. The average molecular weight is 384 g/mol. The first-order valence-corrected chi connectivity index (χ1v) is 9.10. The third-order valence-electron chi connectivity index (χ3n) is 4.65. The van der Waals surface area contributed by atoms with Crippen molar-refractivity contribution >= 4 is 22.5 Å². The molecule has 0 aliphatic carbocycles. The number of anilines is 1. The fourth-order valence-corrected chi connectivity index (χ4v) is 3.24. The molecule has 7 heteroatoms. The van der Waals surface area contributed by atoms with Gasteiger partial charge in [-0.25, -0.2) is 0 Å². The molecule has 0 spiro atoms. The summed E-state index contributed by atoms with van der Waals surface area (Å²) in [4.78, 5) is 20.4. The van der Waals surface area contributed by atoms with Crippen LogP contribution in [0.4, 0.5) is 5.69 Å². The largest absolute Gasteiger partial charge is 0.461 e. The van der Waals surface area contributed by atoms with E-state index < -0.39 is 0 Å². The van der Waals surface area contributed by atoms with Crippen molar-refractivity contribution < 1.29 is 13.7 Å². The minimum Gasteiger partial charge on any atom is -0.461 e. The van der Waals surface area contributed by atoms with E-state index in [4.69, 9.17) is 8.94 Å². The number of aromatic amines is 1. The molecule has 3 aromatic heterocycles. The Morgan fingerprint density at radius 1 is 1.03 bits per heavy atom. The van der Waals surface area contributed by atoms with Crippen LogP contribution in [0.3, 0.4) is 0 Å². The molecule has 2 N–H and O–H groups in total. The molecule has 142 valence electrons. The lowest BCUT2D eigenvalue weighted by molar-refractivity contribution is 0.102. The zero-order chi connectivity index (χ0) is 19.6. The average Bonchev–Trinajstić information content (AvgIpc) is 3.49. The zero-order valence-corrected chi connectivity index (χ0v) is 15.3. The molecule has 0 radical (unpaired) electrons. The summed E-state index contributed by atoms with van der Waals surface area (Å²) in [5.74, 6) is 1.19. The molecule has 0 fully saturated rings. The fraction of sp³-hybridized carbons (Fsp3) is 0.0455. The molecule has 7 nitrogen and oxygen atoms in total. The summed E-state index contributed by atoms with van der Waals surface area (Å²) < 4.78 is 10.6. The lowest BCUT2D eigenvalue weighted by Gasteiger charge is -2.09. The summed E-state index contributed by atoms with van der Waals surface area (Å²) in [6.07, 6.45) is 3.66. The topological polar surface area (TPSA) is 97.0 Å². The fourth-order valence-electron chi connectivity index (χ4n) is 3.24. The Morgan fingerprint density at radius 3 is 2.79 bits per heavy atom. The van der Waals surface area contributed by atoms with E-state index in [0.717, 1.165) is 16.5 Å². The van der Waals surface area contributed by atoms with Crippen LogP contribution >= 0.6 is 0 Å². The standard InChI is InChI=1S/C22H16N4O3/c27-22(16-13-23-18-9-4-2-7-15(16)18)24-17-8-3-1-6-14(17)12-20-25-21(26-29-20)19-10-5-11-28-19/h1-11,13,23H,12H2,(H,24,27). The number of carbonyl (C=O) groups excluding carboxylic acids is 1. The van der Waals surface area contributed by atoms with E-state index in [1.54, 1.807) is 24.6 Å². The van der Waals surface area contributed by atoms with Crippen molar-refractivity contribution in [3.8, 4) is 11.6 Å². The summed E-state index contributed by atoms with van der Waals surface area (Å²) >= 11 is 0. The van der Waals surface area contributed by atoms with Crippen LogP contribution in [0.15, 0.2) is 82.1 Å². The SMILES string of the molecule is O=C(Nc1ccccc1Cc1nc(-c2ccco2)no1)c1c[nH]c2ccccc12. The van der Waals surface area contributed by atoms with E-state index >= 15 is 0 Å². The Labute approximate surface area is 165 Å². The maximum atomic E-state index is 12.9. The number of fused-ring (bicyclic) bond motifs is 1. The molecule has 5 rings (SSSR count). The van der Waals surface area contributed by atoms with Gasteiger partial charge in [0.25, 0.3) is 5.91 Å². The predicted octanol–water partition coefficient (Wildman–Crippen LogP) is 4.65. The first kappa shape index (κ1) is 17.0. The van der Waals surface area contributed by atoms with Gasteiger partial charge in [0.15, 0.2) is 5.76 Å². The summed E-state index contributed by atoms with van der Waals surface area (Å²) in [6, 6.07) is 18.8. The molecule has 5 aromatic rings. The van der Waals surface area contributed by atoms with Crippen LogP contribution < -0.4 is 5.32 Å². The number of nitrogens with one attached hydrogen (secondary N) is 2. The molecule has 29 heavy (non-hydrogen) atoms. The number of nitrogens with zero attached hydrogens (tertiary/aromatic N) is 2. The van der Waals surface area contributed by atoms with Crippen molar-refractivity contribution in [1.29, 1.82) is 0 Å². The minimum atomic E-state index is -0.184. The first-order chi connectivity index (χ1) is 14.3. The van der Waals surface area contributed by atoms with Gasteiger partial charge in [-0.15, -0.1) is 0 Å². The van der Waals surface area contributed by atoms with Gasteiger partial charge in [-0.1, -0.05) is 41.6 Å². The predicted molar refractivity (Wildman–Crippen MR) is 107 cm³/mol. The van der Waals surface area contributed by atoms with Crippen LogP contribution in [0.25, 0.3) is 22.5 Å². The second kappa shape index (κ2) is 7.12. The molecule has 0 aliphatic heterocycles. The maximum Gasteiger partial charge on any atom is 0.257 e. The van der Waals surface area contributed by atoms with Crippen molar-refractivity contribution in [2.45, 2.75) is 6.42 Å². The van der Waals surface area contributed by atoms with Crippen molar-refractivity contribution in [3.63, 3.8) is 0 Å². The summed E-state index contributed by atoms with van der Waals surface area (Å²) in [7, 11) is 0. The van der Waals surface area contributed by atoms with E-state index in [9.17, 15) is 4.79 Å². The maximum absolute atomic E-state index is 12.9. The van der Waals surface area contributed by atoms with Crippen LogP contribution in [-0.2, 0) is 6.42 Å². The molecule has 0 bridgehead atoms. The van der Waals surface area contributed by atoms with Gasteiger partial charge in [0.05, 0.1) is 18.2 Å². The molecule has 3 heterocycles. The Morgan fingerprint density at radius 2 is 1.90 bits per heavy atom. The molecule has 2 aromatic carbocycles. The van der Waals surface area contributed by atoms with Gasteiger partial charge in [0.1, 0.15) is 0 Å². The zero-order valence-electron chi connectivity index (χ0n) is 15.3. The third kappa shape index (κ3) is 3.29. The Kier molecular flexibility index (Phi) is 4.18. The molecule has 0 aliphatic rings. The molecular weight excluding hydrogens is 368 g/mol. The van der Waals surface area contributed by atoms with E-state index in [0.29, 0.717) is 35.1 Å². The van der Waals surface area contributed by atoms with Crippen LogP contribution in [0, 0.1) is 0 Å². The Hall–Kier alpha value is -4.13. The second-order valence-corrected chi connectivity index (χ2v) is 6.53. The smallest absolute Gasteiger partial charge is 0.257 e. The van der Waals surface area contributed by atoms with E-state index in [1.165, 1.54) is 0 Å². The highest BCUT2D eigenvalue weighted by molar-refractivity contribution is 6.13. The quantitative estimate of drug-likeness (QED) is 0.460. The lowest BCUT2D eigenvalue weighted by atomic mass is 10.1. The normalized spacial score (nSPS) is 11.0. The van der Waals surface area contributed by atoms with Gasteiger partial charge in [-0.2, -0.15) is 4.98 Å². The van der Waals surface area contributed by atoms with Crippen molar-refractivity contribution in [2.24, 2.45) is 0 Å². The van der Waals surface area contributed by atoms with E-state index in [2.05, 4.69) is 20.4 Å². The highest BCUT2D eigenvalue weighted by atomic mass is 16.5. The van der Waals surface area contributed by atoms with Crippen LogP contribution in [0.5, 0.6) is 0 Å². The number of aromatic nitrogens is 3. The second-order valence-electron chi connectivity index (χ2n) is 6.53. The number of furan rings is 1. The number of hydrogen-bond acceptors (Lipinski definition) is 5. The highest BCUT2D eigenvalue weighted by Crippen LogP contribution is 2.23. The number of benzene rings is 2. The highest BCUT2D eigenvalue weighted by Gasteiger charge is 2.16. The minimum absolute atomic E-state index is 0.184. The number of rotatable bonds is 5. The molecule has 0 atom stereocenters. The third-order valence-corrected chi connectivity index (χ3v) is 4.65. The molecule has 0 saturated carbocycles. The first-order valence-electron chi connectivity index (χ1n) is 9.10. The van der Waals surface area contributed by atoms with Gasteiger partial charge >= 0.3 is 0 Å². The van der Waals surface area contributed by atoms with Crippen molar-refractivity contribution in [2.75, 3.05) is 5.32 Å². The monoisotopic (exact) mass is 384 g/mol.